The number of rotatable bonds is 2. The number of nitrogens with zero attached hydrogens (tertiary/aromatic N) is 2. The van der Waals surface area contributed by atoms with Gasteiger partial charge in [0.25, 0.3) is 0 Å². The van der Waals surface area contributed by atoms with Crippen LogP contribution in [0.3, 0.4) is 0 Å². The lowest BCUT2D eigenvalue weighted by molar-refractivity contribution is -0.117. The van der Waals surface area contributed by atoms with E-state index in [-0.39, 0.29) is 11.9 Å². The molecule has 2 aromatic carbocycles. The molecule has 0 radical (unpaired) electrons. The molecule has 0 bridgehead atoms. The van der Waals surface area contributed by atoms with Gasteiger partial charge < -0.3 is 9.88 Å². The minimum absolute atomic E-state index is 0.217. The molecule has 3 heterocycles. The summed E-state index contributed by atoms with van der Waals surface area (Å²) in [6.07, 6.45) is 1.57. The fourth-order valence-electron chi connectivity index (χ4n) is 3.98. The van der Waals surface area contributed by atoms with Gasteiger partial charge in [0, 0.05) is 34.6 Å². The zero-order valence-electron chi connectivity index (χ0n) is 14.1. The molecule has 1 saturated heterocycles. The number of aromatic amines is 1. The number of hydrogen-bond donors (Lipinski definition) is 1. The van der Waals surface area contributed by atoms with Crippen LogP contribution in [-0.2, 0) is 11.3 Å². The normalized spacial score (nSPS) is 19.6. The van der Waals surface area contributed by atoms with E-state index >= 15 is 0 Å². The molecule has 3 aromatic rings. The predicted octanol–water partition coefficient (Wildman–Crippen LogP) is 4.03. The third-order valence-electron chi connectivity index (χ3n) is 5.30. The van der Waals surface area contributed by atoms with Crippen LogP contribution in [-0.4, -0.2) is 22.6 Å². The van der Waals surface area contributed by atoms with Crippen molar-refractivity contribution in [3.63, 3.8) is 0 Å². The zero-order valence-corrected chi connectivity index (χ0v) is 14.1. The van der Waals surface area contributed by atoms with E-state index in [4.69, 9.17) is 4.99 Å². The first-order valence-electron chi connectivity index (χ1n) is 8.78. The second-order valence-corrected chi connectivity index (χ2v) is 6.93. The fourth-order valence-corrected chi connectivity index (χ4v) is 3.98. The number of aliphatic imine (C=N–C) groups is 1. The predicted molar refractivity (Wildman–Crippen MR) is 100 cm³/mol. The van der Waals surface area contributed by atoms with Crippen LogP contribution in [0.25, 0.3) is 10.9 Å². The Bertz CT molecular complexity index is 998. The molecule has 1 amide bonds. The highest BCUT2D eigenvalue weighted by molar-refractivity contribution is 6.16. The fraction of sp³-hybridized carbons (Fsp3) is 0.238. The summed E-state index contributed by atoms with van der Waals surface area (Å²) in [7, 11) is 0. The zero-order chi connectivity index (χ0) is 17.0. The molecule has 25 heavy (non-hydrogen) atoms. The van der Waals surface area contributed by atoms with Gasteiger partial charge in [-0.1, -0.05) is 24.3 Å². The molecule has 5 rings (SSSR count). The summed E-state index contributed by atoms with van der Waals surface area (Å²) in [5, 5.41) is 1.19. The van der Waals surface area contributed by atoms with Crippen LogP contribution < -0.4 is 4.90 Å². The molecule has 0 unspecified atom stereocenters. The van der Waals surface area contributed by atoms with Crippen molar-refractivity contribution < 1.29 is 4.79 Å². The van der Waals surface area contributed by atoms with E-state index in [0.717, 1.165) is 34.6 Å². The van der Waals surface area contributed by atoms with E-state index in [9.17, 15) is 4.79 Å². The maximum absolute atomic E-state index is 12.2. The Morgan fingerprint density at radius 1 is 1.16 bits per heavy atom. The van der Waals surface area contributed by atoms with Crippen LogP contribution >= 0.6 is 0 Å². The molecule has 2 aliphatic rings. The number of para-hydroxylation sites is 1. The molecule has 0 spiro atoms. The van der Waals surface area contributed by atoms with E-state index in [2.05, 4.69) is 48.3 Å². The van der Waals surface area contributed by atoms with Crippen LogP contribution in [0.5, 0.6) is 0 Å². The summed E-state index contributed by atoms with van der Waals surface area (Å²) in [4.78, 5) is 22.4. The van der Waals surface area contributed by atoms with Gasteiger partial charge in [0.15, 0.2) is 0 Å². The lowest BCUT2D eigenvalue weighted by Crippen LogP contribution is -2.30. The van der Waals surface area contributed by atoms with Crippen LogP contribution in [0.15, 0.2) is 53.5 Å². The molecule has 4 nitrogen and oxygen atoms in total. The van der Waals surface area contributed by atoms with Crippen molar-refractivity contribution in [2.45, 2.75) is 32.4 Å². The van der Waals surface area contributed by atoms with Gasteiger partial charge in [-0.15, -0.1) is 0 Å². The highest BCUT2D eigenvalue weighted by Crippen LogP contribution is 2.32. The summed E-state index contributed by atoms with van der Waals surface area (Å²) >= 11 is 0. The first kappa shape index (κ1) is 14.5. The largest absolute Gasteiger partial charge is 0.353 e. The van der Waals surface area contributed by atoms with Crippen LogP contribution in [0, 0.1) is 0 Å². The van der Waals surface area contributed by atoms with Crippen molar-refractivity contribution >= 4 is 28.2 Å². The first-order chi connectivity index (χ1) is 12.2. The Kier molecular flexibility index (Phi) is 3.07. The lowest BCUT2D eigenvalue weighted by atomic mass is 10.0. The molecule has 1 atom stereocenters. The number of carbonyl (C=O) groups is 1. The summed E-state index contributed by atoms with van der Waals surface area (Å²) in [6, 6.07) is 17.0. The van der Waals surface area contributed by atoms with Gasteiger partial charge in [-0.3, -0.25) is 9.79 Å². The Labute approximate surface area is 146 Å². The number of H-pyrrole nitrogens is 1. The number of carbonyl (C=O) groups excluding carboxylic acids is 1. The third kappa shape index (κ3) is 2.21. The van der Waals surface area contributed by atoms with E-state index < -0.39 is 0 Å². The molecule has 2 aliphatic heterocycles. The van der Waals surface area contributed by atoms with Gasteiger partial charge in [0.2, 0.25) is 5.91 Å². The Morgan fingerprint density at radius 3 is 2.84 bits per heavy atom. The Morgan fingerprint density at radius 2 is 2.04 bits per heavy atom. The Balaban J connectivity index is 1.58. The average molecular weight is 329 g/mol. The van der Waals surface area contributed by atoms with E-state index in [0.29, 0.717) is 13.0 Å². The van der Waals surface area contributed by atoms with Crippen LogP contribution in [0.4, 0.5) is 5.69 Å². The quantitative estimate of drug-likeness (QED) is 0.758. The molecule has 0 aliphatic carbocycles. The van der Waals surface area contributed by atoms with Gasteiger partial charge in [0.05, 0.1) is 18.0 Å². The third-order valence-corrected chi connectivity index (χ3v) is 5.30. The number of hydrogen-bond acceptors (Lipinski definition) is 2. The number of fused-ring (bicyclic) bond motifs is 2. The molecule has 1 aromatic heterocycles. The van der Waals surface area contributed by atoms with Crippen LogP contribution in [0.1, 0.15) is 36.6 Å². The maximum Gasteiger partial charge on any atom is 0.227 e. The van der Waals surface area contributed by atoms with Crippen molar-refractivity contribution in [1.82, 2.24) is 4.98 Å². The monoisotopic (exact) mass is 329 g/mol. The van der Waals surface area contributed by atoms with Gasteiger partial charge in [-0.2, -0.15) is 0 Å². The van der Waals surface area contributed by atoms with E-state index in [1.165, 1.54) is 10.9 Å². The molecule has 0 saturated carbocycles. The number of amides is 1. The highest BCUT2D eigenvalue weighted by Gasteiger charge is 2.30. The van der Waals surface area contributed by atoms with Crippen LogP contribution in [0.2, 0.25) is 0 Å². The van der Waals surface area contributed by atoms with Gasteiger partial charge >= 0.3 is 0 Å². The van der Waals surface area contributed by atoms with Gasteiger partial charge in [-0.25, -0.2) is 0 Å². The smallest absolute Gasteiger partial charge is 0.227 e. The lowest BCUT2D eigenvalue weighted by Gasteiger charge is -2.22. The number of aromatic nitrogens is 1. The average Bonchev–Trinajstić information content (AvgIpc) is 3.30. The highest BCUT2D eigenvalue weighted by atomic mass is 16.2. The standard InChI is InChI=1S/C21H19N3O/c1-13-6-9-20(25)24(13)16-8-7-15-12-22-21(17(15)11-16)19-10-14-4-2-3-5-18(14)23-19/h2-5,7-8,10-11,13,23H,6,9,12H2,1H3/t13-/m0/s1. The van der Waals surface area contributed by atoms with Gasteiger partial charge in [-0.05, 0) is 43.2 Å². The molecular weight excluding hydrogens is 310 g/mol. The summed E-state index contributed by atoms with van der Waals surface area (Å²) in [6.45, 7) is 2.81. The summed E-state index contributed by atoms with van der Waals surface area (Å²) in [5.41, 5.74) is 6.49. The van der Waals surface area contributed by atoms with Crippen molar-refractivity contribution in [2.24, 2.45) is 4.99 Å². The van der Waals surface area contributed by atoms with Crippen molar-refractivity contribution in [3.05, 3.63) is 65.4 Å². The van der Waals surface area contributed by atoms with Crippen molar-refractivity contribution in [1.29, 1.82) is 0 Å². The number of benzene rings is 2. The number of nitrogens with one attached hydrogen (secondary N) is 1. The number of anilines is 1. The van der Waals surface area contributed by atoms with Crippen molar-refractivity contribution in [3.8, 4) is 0 Å². The second kappa shape index (κ2) is 5.31. The molecule has 1 fully saturated rings. The minimum atomic E-state index is 0.217. The van der Waals surface area contributed by atoms with Crippen molar-refractivity contribution in [2.75, 3.05) is 4.90 Å². The molecule has 1 N–H and O–H groups in total. The van der Waals surface area contributed by atoms with E-state index in [1.54, 1.807) is 0 Å². The first-order valence-corrected chi connectivity index (χ1v) is 8.78. The van der Waals surface area contributed by atoms with E-state index in [1.807, 2.05) is 17.0 Å². The van der Waals surface area contributed by atoms with Gasteiger partial charge in [0.1, 0.15) is 0 Å². The second-order valence-electron chi connectivity index (χ2n) is 6.93. The summed E-state index contributed by atoms with van der Waals surface area (Å²) < 4.78 is 0. The summed E-state index contributed by atoms with van der Waals surface area (Å²) in [5.74, 6) is 0.217. The maximum atomic E-state index is 12.2. The Hall–Kier alpha value is -2.88. The minimum Gasteiger partial charge on any atom is -0.353 e. The topological polar surface area (TPSA) is 48.5 Å². The molecule has 124 valence electrons. The molecular formula is C21H19N3O. The molecule has 4 heteroatoms. The SMILES string of the molecule is C[C@H]1CCC(=O)N1c1ccc2c(c1)C(c1cc3ccccc3[nH]1)=NC2.